The molecule has 4 heteroatoms. The maximum Gasteiger partial charge on any atom is 0.245 e. The highest BCUT2D eigenvalue weighted by Crippen LogP contribution is 2.33. The van der Waals surface area contributed by atoms with E-state index in [1.54, 1.807) is 4.90 Å². The molecular weight excluding hydrogens is 192 g/mol. The number of nitrogens with zero attached hydrogens (tertiary/aromatic N) is 1. The summed E-state index contributed by atoms with van der Waals surface area (Å²) in [4.78, 5) is 25.1. The fourth-order valence-electron chi connectivity index (χ4n) is 2.02. The first-order valence-corrected chi connectivity index (χ1v) is 5.60. The molecule has 2 amide bonds. The second-order valence-corrected chi connectivity index (χ2v) is 5.02. The Balaban J connectivity index is 2.02. The molecular formula is C11H18N2O2. The summed E-state index contributed by atoms with van der Waals surface area (Å²) in [5.41, 5.74) is -0.676. The lowest BCUT2D eigenvalue weighted by molar-refractivity contribution is -0.151. The zero-order chi connectivity index (χ0) is 11.1. The topological polar surface area (TPSA) is 49.4 Å². The molecule has 1 aliphatic carbocycles. The molecule has 2 rings (SSSR count). The van der Waals surface area contributed by atoms with Crippen molar-refractivity contribution in [3.05, 3.63) is 0 Å². The predicted molar refractivity (Wildman–Crippen MR) is 56.1 cm³/mol. The van der Waals surface area contributed by atoms with Crippen molar-refractivity contribution in [1.82, 2.24) is 10.2 Å². The smallest absolute Gasteiger partial charge is 0.245 e. The van der Waals surface area contributed by atoms with E-state index < -0.39 is 5.54 Å². The summed E-state index contributed by atoms with van der Waals surface area (Å²) in [7, 11) is 0. The number of rotatable bonds is 3. The summed E-state index contributed by atoms with van der Waals surface area (Å²) >= 11 is 0. The van der Waals surface area contributed by atoms with E-state index in [4.69, 9.17) is 0 Å². The number of hydrogen-bond donors (Lipinski definition) is 1. The van der Waals surface area contributed by atoms with E-state index >= 15 is 0 Å². The van der Waals surface area contributed by atoms with Gasteiger partial charge < -0.3 is 10.2 Å². The minimum Gasteiger partial charge on any atom is -0.345 e. The SMILES string of the molecule is CC1(C)C(=O)NCC(=O)N1CCC1CC1. The molecule has 0 spiro atoms. The van der Waals surface area contributed by atoms with Crippen LogP contribution in [0.4, 0.5) is 0 Å². The van der Waals surface area contributed by atoms with Crippen molar-refractivity contribution in [3.8, 4) is 0 Å². The van der Waals surface area contributed by atoms with Gasteiger partial charge in [0.1, 0.15) is 5.54 Å². The molecule has 0 unspecified atom stereocenters. The van der Waals surface area contributed by atoms with Crippen molar-refractivity contribution in [2.45, 2.75) is 38.6 Å². The quantitative estimate of drug-likeness (QED) is 0.738. The summed E-state index contributed by atoms with van der Waals surface area (Å²) in [5, 5.41) is 2.63. The summed E-state index contributed by atoms with van der Waals surface area (Å²) < 4.78 is 0. The fraction of sp³-hybridized carbons (Fsp3) is 0.818. The lowest BCUT2D eigenvalue weighted by Gasteiger charge is -2.41. The molecule has 0 aromatic rings. The van der Waals surface area contributed by atoms with E-state index in [1.165, 1.54) is 12.8 Å². The van der Waals surface area contributed by atoms with Crippen molar-refractivity contribution in [2.24, 2.45) is 5.92 Å². The van der Waals surface area contributed by atoms with Gasteiger partial charge in [-0.25, -0.2) is 0 Å². The van der Waals surface area contributed by atoms with Crippen LogP contribution in [0, 0.1) is 5.92 Å². The molecule has 0 aromatic heterocycles. The van der Waals surface area contributed by atoms with Gasteiger partial charge >= 0.3 is 0 Å². The number of amides is 2. The number of carbonyl (C=O) groups excluding carboxylic acids is 2. The third kappa shape index (κ3) is 1.98. The van der Waals surface area contributed by atoms with Crippen molar-refractivity contribution < 1.29 is 9.59 Å². The van der Waals surface area contributed by atoms with Crippen LogP contribution in [0.15, 0.2) is 0 Å². The summed E-state index contributed by atoms with van der Waals surface area (Å²) in [6, 6.07) is 0. The maximum atomic E-state index is 11.7. The van der Waals surface area contributed by atoms with Crippen LogP contribution in [0.5, 0.6) is 0 Å². The molecule has 2 aliphatic rings. The molecule has 0 atom stereocenters. The molecule has 1 saturated heterocycles. The summed E-state index contributed by atoms with van der Waals surface area (Å²) in [6.45, 7) is 4.51. The fourth-order valence-corrected chi connectivity index (χ4v) is 2.02. The van der Waals surface area contributed by atoms with Gasteiger partial charge in [0.05, 0.1) is 6.54 Å². The second-order valence-electron chi connectivity index (χ2n) is 5.02. The molecule has 0 bridgehead atoms. The number of nitrogens with one attached hydrogen (secondary N) is 1. The zero-order valence-electron chi connectivity index (χ0n) is 9.38. The first-order chi connectivity index (χ1) is 7.01. The van der Waals surface area contributed by atoms with Crippen LogP contribution in [-0.2, 0) is 9.59 Å². The van der Waals surface area contributed by atoms with E-state index in [0.29, 0.717) is 0 Å². The minimum absolute atomic E-state index is 0.0419. The standard InChI is InChI=1S/C11H18N2O2/c1-11(2)10(15)12-7-9(14)13(11)6-5-8-3-4-8/h8H,3-7H2,1-2H3,(H,12,15). The van der Waals surface area contributed by atoms with Crippen LogP contribution in [0.1, 0.15) is 33.1 Å². The Kier molecular flexibility index (Phi) is 2.44. The molecule has 1 N–H and O–H groups in total. The van der Waals surface area contributed by atoms with Crippen LogP contribution >= 0.6 is 0 Å². The number of hydrogen-bond acceptors (Lipinski definition) is 2. The number of carbonyl (C=O) groups is 2. The van der Waals surface area contributed by atoms with Crippen molar-refractivity contribution in [2.75, 3.05) is 13.1 Å². The molecule has 0 aromatic carbocycles. The normalized spacial score (nSPS) is 25.3. The third-order valence-electron chi connectivity index (χ3n) is 3.39. The van der Waals surface area contributed by atoms with E-state index in [-0.39, 0.29) is 18.4 Å². The Bertz CT molecular complexity index is 295. The van der Waals surface area contributed by atoms with Crippen LogP contribution in [-0.4, -0.2) is 35.3 Å². The lowest BCUT2D eigenvalue weighted by Crippen LogP contribution is -2.64. The largest absolute Gasteiger partial charge is 0.345 e. The van der Waals surface area contributed by atoms with Gasteiger partial charge in [0.15, 0.2) is 0 Å². The van der Waals surface area contributed by atoms with Gasteiger partial charge in [0.25, 0.3) is 0 Å². The maximum absolute atomic E-state index is 11.7. The molecule has 0 radical (unpaired) electrons. The highest BCUT2D eigenvalue weighted by atomic mass is 16.2. The average Bonchev–Trinajstić information content (AvgIpc) is 2.95. The summed E-state index contributed by atoms with van der Waals surface area (Å²) in [5.74, 6) is 0.789. The minimum atomic E-state index is -0.676. The average molecular weight is 210 g/mol. The van der Waals surface area contributed by atoms with E-state index in [0.717, 1.165) is 18.9 Å². The van der Waals surface area contributed by atoms with Gasteiger partial charge in [-0.3, -0.25) is 9.59 Å². The molecule has 2 fully saturated rings. The van der Waals surface area contributed by atoms with Crippen molar-refractivity contribution in [1.29, 1.82) is 0 Å². The molecule has 4 nitrogen and oxygen atoms in total. The van der Waals surface area contributed by atoms with Crippen LogP contribution in [0.25, 0.3) is 0 Å². The summed E-state index contributed by atoms with van der Waals surface area (Å²) in [6.07, 6.45) is 3.62. The van der Waals surface area contributed by atoms with Gasteiger partial charge in [-0.1, -0.05) is 12.8 Å². The van der Waals surface area contributed by atoms with Gasteiger partial charge in [0, 0.05) is 6.54 Å². The van der Waals surface area contributed by atoms with E-state index in [2.05, 4.69) is 5.32 Å². The highest BCUT2D eigenvalue weighted by Gasteiger charge is 2.41. The molecule has 1 heterocycles. The van der Waals surface area contributed by atoms with Gasteiger partial charge in [-0.05, 0) is 26.2 Å². The Morgan fingerprint density at radius 3 is 2.67 bits per heavy atom. The Labute approximate surface area is 90.0 Å². The second kappa shape index (κ2) is 3.51. The van der Waals surface area contributed by atoms with E-state index in [1.807, 2.05) is 13.8 Å². The van der Waals surface area contributed by atoms with E-state index in [9.17, 15) is 9.59 Å². The Hall–Kier alpha value is -1.06. The third-order valence-corrected chi connectivity index (χ3v) is 3.39. The monoisotopic (exact) mass is 210 g/mol. The van der Waals surface area contributed by atoms with Gasteiger partial charge in [-0.15, -0.1) is 0 Å². The van der Waals surface area contributed by atoms with Crippen LogP contribution < -0.4 is 5.32 Å². The molecule has 1 aliphatic heterocycles. The number of piperazine rings is 1. The zero-order valence-corrected chi connectivity index (χ0v) is 9.38. The van der Waals surface area contributed by atoms with Gasteiger partial charge in [0.2, 0.25) is 11.8 Å². The molecule has 84 valence electrons. The van der Waals surface area contributed by atoms with Gasteiger partial charge in [-0.2, -0.15) is 0 Å². The van der Waals surface area contributed by atoms with Crippen molar-refractivity contribution in [3.63, 3.8) is 0 Å². The van der Waals surface area contributed by atoms with Crippen molar-refractivity contribution >= 4 is 11.8 Å². The first-order valence-electron chi connectivity index (χ1n) is 5.60. The van der Waals surface area contributed by atoms with Crippen LogP contribution in [0.3, 0.4) is 0 Å². The lowest BCUT2D eigenvalue weighted by atomic mass is 9.98. The predicted octanol–water partition coefficient (Wildman–Crippen LogP) is 0.523. The Morgan fingerprint density at radius 2 is 2.07 bits per heavy atom. The Morgan fingerprint density at radius 1 is 1.40 bits per heavy atom. The molecule has 1 saturated carbocycles. The highest BCUT2D eigenvalue weighted by molar-refractivity contribution is 5.97. The first kappa shape index (κ1) is 10.5. The molecule has 15 heavy (non-hydrogen) atoms. The van der Waals surface area contributed by atoms with Crippen LogP contribution in [0.2, 0.25) is 0 Å².